The number of sulfonamides is 1. The predicted molar refractivity (Wildman–Crippen MR) is 84.7 cm³/mol. The summed E-state index contributed by atoms with van der Waals surface area (Å²) >= 11 is 0. The fraction of sp³-hybridized carbons (Fsp3) is 0.533. The van der Waals surface area contributed by atoms with Crippen LogP contribution in [0.25, 0.3) is 0 Å². The number of methoxy groups -OCH3 is 1. The Bertz CT molecular complexity index is 650. The molecule has 1 aromatic carbocycles. The maximum absolute atomic E-state index is 12.6. The van der Waals surface area contributed by atoms with Gasteiger partial charge in [0.2, 0.25) is 10.0 Å². The van der Waals surface area contributed by atoms with Crippen LogP contribution in [0.3, 0.4) is 0 Å². The summed E-state index contributed by atoms with van der Waals surface area (Å²) in [6.45, 7) is 5.03. The molecule has 1 fully saturated rings. The Morgan fingerprint density at radius 2 is 1.86 bits per heavy atom. The van der Waals surface area contributed by atoms with Crippen LogP contribution in [0.4, 0.5) is 0 Å². The molecule has 7 heteroatoms. The first-order valence-corrected chi connectivity index (χ1v) is 8.91. The monoisotopic (exact) mass is 326 g/mol. The minimum Gasteiger partial charge on any atom is -0.496 e. The molecule has 1 aliphatic rings. The van der Waals surface area contributed by atoms with E-state index in [1.54, 1.807) is 24.0 Å². The second kappa shape index (κ2) is 6.66. The number of nitrogens with zero attached hydrogens (tertiary/aromatic N) is 2. The number of piperazine rings is 1. The lowest BCUT2D eigenvalue weighted by Gasteiger charge is -2.34. The molecule has 122 valence electrons. The molecule has 0 radical (unpaired) electrons. The van der Waals surface area contributed by atoms with Crippen molar-refractivity contribution in [3.63, 3.8) is 0 Å². The molecule has 1 saturated heterocycles. The van der Waals surface area contributed by atoms with Crippen LogP contribution in [-0.2, 0) is 10.0 Å². The average molecular weight is 326 g/mol. The summed E-state index contributed by atoms with van der Waals surface area (Å²) < 4.78 is 30.4. The van der Waals surface area contributed by atoms with Crippen molar-refractivity contribution in [3.8, 4) is 5.75 Å². The van der Waals surface area contributed by atoms with Gasteiger partial charge in [-0.05, 0) is 26.0 Å². The minimum absolute atomic E-state index is 0.0899. The molecule has 0 saturated carbocycles. The third-order valence-corrected chi connectivity index (χ3v) is 5.75. The summed E-state index contributed by atoms with van der Waals surface area (Å²) in [7, 11) is -1.65. The van der Waals surface area contributed by atoms with E-state index in [2.05, 4.69) is 0 Å². The van der Waals surface area contributed by atoms with E-state index in [4.69, 9.17) is 4.74 Å². The zero-order valence-electron chi connectivity index (χ0n) is 13.2. The van der Waals surface area contributed by atoms with Crippen LogP contribution in [0.5, 0.6) is 5.75 Å². The lowest BCUT2D eigenvalue weighted by atomic mass is 10.1. The predicted octanol–water partition coefficient (Wildman–Crippen LogP) is 1.11. The number of carbonyl (C=O) groups excluding carboxylic acids is 1. The molecule has 1 aliphatic heterocycles. The van der Waals surface area contributed by atoms with Gasteiger partial charge in [-0.2, -0.15) is 4.31 Å². The lowest BCUT2D eigenvalue weighted by molar-refractivity contribution is 0.0694. The van der Waals surface area contributed by atoms with Crippen molar-refractivity contribution in [1.29, 1.82) is 0 Å². The molecule has 1 aromatic rings. The van der Waals surface area contributed by atoms with Gasteiger partial charge >= 0.3 is 0 Å². The number of rotatable bonds is 4. The first kappa shape index (κ1) is 16.8. The number of benzene rings is 1. The van der Waals surface area contributed by atoms with E-state index in [9.17, 15) is 13.2 Å². The van der Waals surface area contributed by atoms with Gasteiger partial charge in [0.1, 0.15) is 5.75 Å². The smallest absolute Gasteiger partial charge is 0.257 e. The molecular formula is C15H22N2O4S. The van der Waals surface area contributed by atoms with Gasteiger partial charge in [-0.3, -0.25) is 4.79 Å². The van der Waals surface area contributed by atoms with Gasteiger partial charge in [-0.15, -0.1) is 0 Å². The Morgan fingerprint density at radius 1 is 1.23 bits per heavy atom. The van der Waals surface area contributed by atoms with Gasteiger partial charge < -0.3 is 9.64 Å². The third kappa shape index (κ3) is 3.41. The van der Waals surface area contributed by atoms with E-state index in [1.807, 2.05) is 13.0 Å². The van der Waals surface area contributed by atoms with Crippen molar-refractivity contribution in [2.45, 2.75) is 13.8 Å². The average Bonchev–Trinajstić information content (AvgIpc) is 2.54. The van der Waals surface area contributed by atoms with Crippen molar-refractivity contribution < 1.29 is 17.9 Å². The van der Waals surface area contributed by atoms with Gasteiger partial charge in [0, 0.05) is 26.2 Å². The summed E-state index contributed by atoms with van der Waals surface area (Å²) in [5.41, 5.74) is 1.51. The van der Waals surface area contributed by atoms with Crippen molar-refractivity contribution in [2.24, 2.45) is 0 Å². The molecule has 0 aromatic heterocycles. The van der Waals surface area contributed by atoms with Crippen LogP contribution in [-0.4, -0.2) is 62.6 Å². The highest BCUT2D eigenvalue weighted by Gasteiger charge is 2.29. The summed E-state index contributed by atoms with van der Waals surface area (Å²) in [5.74, 6) is 0.514. The zero-order chi connectivity index (χ0) is 16.3. The summed E-state index contributed by atoms with van der Waals surface area (Å²) in [6, 6.07) is 5.47. The van der Waals surface area contributed by atoms with Crippen LogP contribution < -0.4 is 4.74 Å². The molecule has 0 aliphatic carbocycles. The Balaban J connectivity index is 2.12. The van der Waals surface area contributed by atoms with Gasteiger partial charge in [-0.1, -0.05) is 11.6 Å². The largest absolute Gasteiger partial charge is 0.496 e. The van der Waals surface area contributed by atoms with Crippen molar-refractivity contribution in [1.82, 2.24) is 9.21 Å². The maximum Gasteiger partial charge on any atom is 0.257 e. The molecular weight excluding hydrogens is 304 g/mol. The van der Waals surface area contributed by atoms with Gasteiger partial charge in [0.15, 0.2) is 0 Å². The highest BCUT2D eigenvalue weighted by Crippen LogP contribution is 2.22. The standard InChI is InChI=1S/C15H22N2O4S/c1-4-22(19,20)17-9-7-16(8-10-17)15(18)13-11-12(2)5-6-14(13)21-3/h5-6,11H,4,7-10H2,1-3H3. The van der Waals surface area contributed by atoms with E-state index in [0.717, 1.165) is 5.56 Å². The molecule has 0 spiro atoms. The fourth-order valence-electron chi connectivity index (χ4n) is 2.51. The normalized spacial score (nSPS) is 16.6. The number of aryl methyl sites for hydroxylation is 1. The first-order valence-electron chi connectivity index (χ1n) is 7.30. The molecule has 0 bridgehead atoms. The molecule has 2 rings (SSSR count). The van der Waals surface area contributed by atoms with Gasteiger partial charge in [-0.25, -0.2) is 8.42 Å². The number of amides is 1. The van der Waals surface area contributed by atoms with E-state index >= 15 is 0 Å². The third-order valence-electron chi connectivity index (χ3n) is 3.87. The number of ether oxygens (including phenoxy) is 1. The lowest BCUT2D eigenvalue weighted by Crippen LogP contribution is -2.50. The SMILES string of the molecule is CCS(=O)(=O)N1CCN(C(=O)c2cc(C)ccc2OC)CC1. The number of carbonyl (C=O) groups is 1. The number of hydrogen-bond donors (Lipinski definition) is 0. The maximum atomic E-state index is 12.6. The van der Waals surface area contributed by atoms with E-state index in [1.165, 1.54) is 11.4 Å². The topological polar surface area (TPSA) is 66.9 Å². The van der Waals surface area contributed by atoms with Crippen molar-refractivity contribution in [3.05, 3.63) is 29.3 Å². The van der Waals surface area contributed by atoms with Crippen LogP contribution >= 0.6 is 0 Å². The Kier molecular flexibility index (Phi) is 5.08. The van der Waals surface area contributed by atoms with Crippen LogP contribution in [0, 0.1) is 6.92 Å². The Labute approximate surface area is 131 Å². The summed E-state index contributed by atoms with van der Waals surface area (Å²) in [5, 5.41) is 0. The van der Waals surface area contributed by atoms with Crippen LogP contribution in [0.1, 0.15) is 22.8 Å². The highest BCUT2D eigenvalue weighted by molar-refractivity contribution is 7.89. The zero-order valence-corrected chi connectivity index (χ0v) is 14.0. The van der Waals surface area contributed by atoms with Crippen LogP contribution in [0.2, 0.25) is 0 Å². The van der Waals surface area contributed by atoms with E-state index in [-0.39, 0.29) is 11.7 Å². The fourth-order valence-corrected chi connectivity index (χ4v) is 3.60. The van der Waals surface area contributed by atoms with Gasteiger partial charge in [0.05, 0.1) is 18.4 Å². The van der Waals surface area contributed by atoms with Crippen molar-refractivity contribution in [2.75, 3.05) is 39.0 Å². The highest BCUT2D eigenvalue weighted by atomic mass is 32.2. The number of hydrogen-bond acceptors (Lipinski definition) is 4. The molecule has 1 heterocycles. The molecule has 22 heavy (non-hydrogen) atoms. The summed E-state index contributed by atoms with van der Waals surface area (Å²) in [4.78, 5) is 14.3. The summed E-state index contributed by atoms with van der Waals surface area (Å²) in [6.07, 6.45) is 0. The molecule has 1 amide bonds. The Morgan fingerprint density at radius 3 is 2.41 bits per heavy atom. The van der Waals surface area contributed by atoms with Gasteiger partial charge in [0.25, 0.3) is 5.91 Å². The second-order valence-corrected chi connectivity index (χ2v) is 7.55. The Hall–Kier alpha value is -1.60. The molecule has 0 N–H and O–H groups in total. The minimum atomic E-state index is -3.18. The van der Waals surface area contributed by atoms with E-state index < -0.39 is 10.0 Å². The van der Waals surface area contributed by atoms with E-state index in [0.29, 0.717) is 37.5 Å². The molecule has 0 atom stereocenters. The quantitative estimate of drug-likeness (QED) is 0.831. The van der Waals surface area contributed by atoms with Crippen LogP contribution in [0.15, 0.2) is 18.2 Å². The molecule has 0 unspecified atom stereocenters. The second-order valence-electron chi connectivity index (χ2n) is 5.30. The molecule has 6 nitrogen and oxygen atoms in total. The first-order chi connectivity index (χ1) is 10.4. The van der Waals surface area contributed by atoms with Crippen molar-refractivity contribution >= 4 is 15.9 Å².